The van der Waals surface area contributed by atoms with Crippen LogP contribution in [-0.2, 0) is 0 Å². The second-order valence-corrected chi connectivity index (χ2v) is 8.25. The molecule has 6 rings (SSSR count). The van der Waals surface area contributed by atoms with Crippen LogP contribution in [0.4, 0.5) is 0 Å². The van der Waals surface area contributed by atoms with E-state index in [-0.39, 0.29) is 11.2 Å². The first-order valence-corrected chi connectivity index (χ1v) is 9.37. The summed E-state index contributed by atoms with van der Waals surface area (Å²) in [5, 5.41) is 0.967. The molecule has 0 N–H and O–H groups in total. The lowest BCUT2D eigenvalue weighted by Crippen LogP contribution is -2.49. The molecule has 4 bridgehead atoms. The van der Waals surface area contributed by atoms with Crippen LogP contribution in [-0.4, -0.2) is 12.4 Å². The van der Waals surface area contributed by atoms with E-state index in [9.17, 15) is 4.79 Å². The molecule has 126 valence electrons. The molecule has 0 saturated heterocycles. The molecule has 4 aliphatic carbocycles. The lowest BCUT2D eigenvalue weighted by molar-refractivity contribution is -0.0364. The first-order chi connectivity index (χ1) is 11.7. The van der Waals surface area contributed by atoms with Gasteiger partial charge in [0.15, 0.2) is 17.1 Å². The van der Waals surface area contributed by atoms with Crippen LogP contribution in [0.5, 0.6) is 5.75 Å². The average molecular weight is 324 g/mol. The fourth-order valence-corrected chi connectivity index (χ4v) is 6.07. The van der Waals surface area contributed by atoms with Gasteiger partial charge in [-0.05, 0) is 75.3 Å². The molecule has 0 spiro atoms. The Morgan fingerprint density at radius 3 is 2.46 bits per heavy atom. The summed E-state index contributed by atoms with van der Waals surface area (Å²) in [6.45, 7) is 2.56. The number of benzene rings is 1. The van der Waals surface area contributed by atoms with E-state index < -0.39 is 0 Å². The molecule has 0 unspecified atom stereocenters. The summed E-state index contributed by atoms with van der Waals surface area (Å²) >= 11 is 0. The molecule has 0 atom stereocenters. The number of para-hydroxylation sites is 1. The predicted octanol–water partition coefficient (Wildman–Crippen LogP) is 5.23. The highest BCUT2D eigenvalue weighted by Crippen LogP contribution is 2.61. The summed E-state index contributed by atoms with van der Waals surface area (Å²) in [5.74, 6) is 3.83. The summed E-state index contributed by atoms with van der Waals surface area (Å²) in [5.41, 5.74) is 0.571. The predicted molar refractivity (Wildman–Crippen MR) is 92.3 cm³/mol. The summed E-state index contributed by atoms with van der Waals surface area (Å²) in [4.78, 5) is 13.4. The monoisotopic (exact) mass is 324 g/mol. The molecule has 3 heteroatoms. The number of hydrogen-bond acceptors (Lipinski definition) is 3. The van der Waals surface area contributed by atoms with Crippen molar-refractivity contribution in [2.75, 3.05) is 6.61 Å². The quantitative estimate of drug-likeness (QED) is 0.723. The maximum atomic E-state index is 13.4. The fraction of sp³-hybridized carbons (Fsp3) is 0.571. The standard InChI is InChI=1S/C21H24O3/c1-2-23-17-5-3-4-16-9-18(24-19(16)17)20(22)21-10-13-6-14(11-21)8-15(7-13)12-21/h3-5,9,13-15H,2,6-8,10-12H2,1H3. The molecule has 1 heterocycles. The van der Waals surface area contributed by atoms with E-state index in [0.717, 1.165) is 48.2 Å². The highest BCUT2D eigenvalue weighted by Gasteiger charge is 2.55. The zero-order valence-electron chi connectivity index (χ0n) is 14.2. The number of Topliss-reactive ketones (excluding diaryl/α,β-unsaturated/α-hetero) is 1. The molecule has 4 saturated carbocycles. The zero-order valence-corrected chi connectivity index (χ0v) is 14.2. The number of hydrogen-bond donors (Lipinski definition) is 0. The van der Waals surface area contributed by atoms with Crippen molar-refractivity contribution in [3.63, 3.8) is 0 Å². The molecule has 2 aromatic rings. The maximum absolute atomic E-state index is 13.4. The largest absolute Gasteiger partial charge is 0.490 e. The SMILES string of the molecule is CCOc1cccc2cc(C(=O)C34CC5CC(CC(C5)C3)C4)oc12. The van der Waals surface area contributed by atoms with E-state index in [0.29, 0.717) is 18.0 Å². The highest BCUT2D eigenvalue weighted by molar-refractivity contribution is 6.02. The minimum absolute atomic E-state index is 0.144. The van der Waals surface area contributed by atoms with Crippen molar-refractivity contribution in [2.45, 2.75) is 45.4 Å². The molecule has 4 aliphatic rings. The molecule has 1 aromatic carbocycles. The molecule has 1 aromatic heterocycles. The third-order valence-corrected chi connectivity index (χ3v) is 6.55. The summed E-state index contributed by atoms with van der Waals surface area (Å²) < 4.78 is 11.7. The third kappa shape index (κ3) is 2.06. The first kappa shape index (κ1) is 14.6. The Bertz CT molecular complexity index is 765. The van der Waals surface area contributed by atoms with Crippen LogP contribution in [0.3, 0.4) is 0 Å². The van der Waals surface area contributed by atoms with Crippen molar-refractivity contribution < 1.29 is 13.9 Å². The van der Waals surface area contributed by atoms with Gasteiger partial charge >= 0.3 is 0 Å². The molecule has 0 aliphatic heterocycles. The van der Waals surface area contributed by atoms with E-state index in [1.165, 1.54) is 19.3 Å². The van der Waals surface area contributed by atoms with Gasteiger partial charge in [0.1, 0.15) is 0 Å². The van der Waals surface area contributed by atoms with Gasteiger partial charge in [0, 0.05) is 10.8 Å². The van der Waals surface area contributed by atoms with E-state index in [4.69, 9.17) is 9.15 Å². The van der Waals surface area contributed by atoms with Crippen LogP contribution in [0.2, 0.25) is 0 Å². The van der Waals surface area contributed by atoms with Gasteiger partial charge in [-0.25, -0.2) is 0 Å². The number of rotatable bonds is 4. The average Bonchev–Trinajstić information content (AvgIpc) is 2.98. The highest BCUT2D eigenvalue weighted by atomic mass is 16.5. The second kappa shape index (κ2) is 5.11. The maximum Gasteiger partial charge on any atom is 0.204 e. The summed E-state index contributed by atoms with van der Waals surface area (Å²) in [6, 6.07) is 7.80. The van der Waals surface area contributed by atoms with Gasteiger partial charge in [-0.1, -0.05) is 12.1 Å². The molecule has 0 amide bonds. The molecule has 24 heavy (non-hydrogen) atoms. The van der Waals surface area contributed by atoms with Crippen molar-refractivity contribution in [3.8, 4) is 5.75 Å². The van der Waals surface area contributed by atoms with Crippen LogP contribution in [0.15, 0.2) is 28.7 Å². The Hall–Kier alpha value is -1.77. The van der Waals surface area contributed by atoms with Crippen LogP contribution < -0.4 is 4.74 Å². The minimum atomic E-state index is -0.144. The topological polar surface area (TPSA) is 39.4 Å². The van der Waals surface area contributed by atoms with Gasteiger partial charge < -0.3 is 9.15 Å². The van der Waals surface area contributed by atoms with Crippen LogP contribution in [0.25, 0.3) is 11.0 Å². The smallest absolute Gasteiger partial charge is 0.204 e. The number of carbonyl (C=O) groups is 1. The molecule has 4 fully saturated rings. The van der Waals surface area contributed by atoms with Crippen LogP contribution >= 0.6 is 0 Å². The molecular weight excluding hydrogens is 300 g/mol. The Kier molecular flexibility index (Phi) is 3.10. The number of furan rings is 1. The van der Waals surface area contributed by atoms with E-state index in [2.05, 4.69) is 0 Å². The zero-order chi connectivity index (χ0) is 16.3. The van der Waals surface area contributed by atoms with Gasteiger partial charge in [-0.3, -0.25) is 4.79 Å². The van der Waals surface area contributed by atoms with Crippen molar-refractivity contribution in [3.05, 3.63) is 30.0 Å². The lowest BCUT2D eigenvalue weighted by atomic mass is 9.48. The van der Waals surface area contributed by atoms with E-state index in [1.54, 1.807) is 0 Å². The Morgan fingerprint density at radius 2 is 1.83 bits per heavy atom. The van der Waals surface area contributed by atoms with Gasteiger partial charge in [-0.2, -0.15) is 0 Å². The van der Waals surface area contributed by atoms with Gasteiger partial charge in [0.25, 0.3) is 0 Å². The van der Waals surface area contributed by atoms with Crippen molar-refractivity contribution in [2.24, 2.45) is 23.2 Å². The normalized spacial score (nSPS) is 34.0. The van der Waals surface area contributed by atoms with E-state index >= 15 is 0 Å². The Balaban J connectivity index is 1.53. The van der Waals surface area contributed by atoms with Gasteiger partial charge in [0.2, 0.25) is 5.78 Å². The van der Waals surface area contributed by atoms with Gasteiger partial charge in [-0.15, -0.1) is 0 Å². The third-order valence-electron chi connectivity index (χ3n) is 6.55. The summed E-state index contributed by atoms with van der Waals surface area (Å²) in [6.07, 6.45) is 7.27. The number of ketones is 1. The Morgan fingerprint density at radius 1 is 1.17 bits per heavy atom. The Labute approximate surface area is 142 Å². The first-order valence-electron chi connectivity index (χ1n) is 9.37. The van der Waals surface area contributed by atoms with Crippen molar-refractivity contribution in [1.82, 2.24) is 0 Å². The van der Waals surface area contributed by atoms with Gasteiger partial charge in [0.05, 0.1) is 6.61 Å². The number of ether oxygens (including phenoxy) is 1. The minimum Gasteiger partial charge on any atom is -0.490 e. The second-order valence-electron chi connectivity index (χ2n) is 8.25. The molecule has 0 radical (unpaired) electrons. The summed E-state index contributed by atoms with van der Waals surface area (Å²) in [7, 11) is 0. The van der Waals surface area contributed by atoms with Crippen molar-refractivity contribution in [1.29, 1.82) is 0 Å². The fourth-order valence-electron chi connectivity index (χ4n) is 6.07. The molecular formula is C21H24O3. The van der Waals surface area contributed by atoms with Crippen molar-refractivity contribution >= 4 is 16.8 Å². The van der Waals surface area contributed by atoms with Crippen LogP contribution in [0, 0.1) is 23.2 Å². The molecule has 3 nitrogen and oxygen atoms in total. The number of fused-ring (bicyclic) bond motifs is 1. The lowest BCUT2D eigenvalue weighted by Gasteiger charge is -2.55. The van der Waals surface area contributed by atoms with Crippen LogP contribution in [0.1, 0.15) is 56.0 Å². The number of carbonyl (C=O) groups excluding carboxylic acids is 1. The van der Waals surface area contributed by atoms with E-state index in [1.807, 2.05) is 31.2 Å².